The lowest BCUT2D eigenvalue weighted by atomic mass is 10.3. The van der Waals surface area contributed by atoms with E-state index in [4.69, 9.17) is 4.42 Å². The largest absolute Gasteiger partial charge is 0.468 e. The van der Waals surface area contributed by atoms with Gasteiger partial charge in [0, 0.05) is 0 Å². The van der Waals surface area contributed by atoms with Gasteiger partial charge in [0.25, 0.3) is 5.91 Å². The fraction of sp³-hybridized carbons (Fsp3) is 0.133. The molecule has 0 spiro atoms. The van der Waals surface area contributed by atoms with Crippen molar-refractivity contribution in [1.82, 2.24) is 10.3 Å². The SMILES string of the molecule is COC(=O)CNC(=O)c1ccc(-c2nc3ccccc3s2)o1. The van der Waals surface area contributed by atoms with Crippen molar-refractivity contribution in [3.8, 4) is 10.8 Å². The van der Waals surface area contributed by atoms with Gasteiger partial charge in [0.1, 0.15) is 6.54 Å². The van der Waals surface area contributed by atoms with Gasteiger partial charge in [-0.05, 0) is 24.3 Å². The molecule has 0 unspecified atom stereocenters. The van der Waals surface area contributed by atoms with Crippen molar-refractivity contribution in [1.29, 1.82) is 0 Å². The van der Waals surface area contributed by atoms with E-state index >= 15 is 0 Å². The molecule has 0 saturated heterocycles. The molecule has 3 aromatic rings. The summed E-state index contributed by atoms with van der Waals surface area (Å²) in [7, 11) is 1.26. The van der Waals surface area contributed by atoms with Gasteiger partial charge in [0.15, 0.2) is 16.5 Å². The molecule has 7 heteroatoms. The molecule has 0 saturated carbocycles. The zero-order valence-corrected chi connectivity index (χ0v) is 12.5. The Morgan fingerprint density at radius 2 is 2.09 bits per heavy atom. The van der Waals surface area contributed by atoms with Crippen LogP contribution in [-0.4, -0.2) is 30.5 Å². The van der Waals surface area contributed by atoms with Crippen molar-refractivity contribution in [3.63, 3.8) is 0 Å². The molecular weight excluding hydrogens is 304 g/mol. The Morgan fingerprint density at radius 3 is 2.86 bits per heavy atom. The van der Waals surface area contributed by atoms with E-state index in [1.54, 1.807) is 12.1 Å². The van der Waals surface area contributed by atoms with Crippen molar-refractivity contribution >= 4 is 33.4 Å². The molecule has 0 aliphatic heterocycles. The minimum absolute atomic E-state index is 0.123. The summed E-state index contributed by atoms with van der Waals surface area (Å²) in [5.41, 5.74) is 0.885. The Labute approximate surface area is 129 Å². The number of carbonyl (C=O) groups is 2. The highest BCUT2D eigenvalue weighted by Crippen LogP contribution is 2.30. The predicted molar refractivity (Wildman–Crippen MR) is 81.7 cm³/mol. The van der Waals surface area contributed by atoms with Crippen LogP contribution in [0.3, 0.4) is 0 Å². The van der Waals surface area contributed by atoms with Gasteiger partial charge in [-0.15, -0.1) is 11.3 Å². The van der Waals surface area contributed by atoms with E-state index in [0.29, 0.717) is 10.8 Å². The third-order valence-electron chi connectivity index (χ3n) is 2.96. The number of ether oxygens (including phenoxy) is 1. The van der Waals surface area contributed by atoms with Crippen LogP contribution in [0.2, 0.25) is 0 Å². The summed E-state index contributed by atoms with van der Waals surface area (Å²) in [4.78, 5) is 27.3. The molecule has 1 N–H and O–H groups in total. The maximum atomic E-state index is 11.9. The second-order valence-corrected chi connectivity index (χ2v) is 5.44. The number of nitrogens with zero attached hydrogens (tertiary/aromatic N) is 1. The lowest BCUT2D eigenvalue weighted by Gasteiger charge is -2.00. The molecule has 0 atom stereocenters. The molecule has 1 amide bonds. The Kier molecular flexibility index (Phi) is 3.88. The van der Waals surface area contributed by atoms with Crippen molar-refractivity contribution in [2.24, 2.45) is 0 Å². The average molecular weight is 316 g/mol. The van der Waals surface area contributed by atoms with Crippen molar-refractivity contribution in [2.45, 2.75) is 0 Å². The Morgan fingerprint density at radius 1 is 1.27 bits per heavy atom. The number of rotatable bonds is 4. The number of carbonyl (C=O) groups excluding carboxylic acids is 2. The standard InChI is InChI=1S/C15H12N2O4S/c1-20-13(18)8-16-14(19)10-6-7-11(21-10)15-17-9-4-2-3-5-12(9)22-15/h2-7H,8H2,1H3,(H,16,19). The van der Waals surface area contributed by atoms with Crippen LogP contribution >= 0.6 is 11.3 Å². The summed E-state index contributed by atoms with van der Waals surface area (Å²) in [6.45, 7) is -0.202. The van der Waals surface area contributed by atoms with Gasteiger partial charge < -0.3 is 14.5 Å². The molecule has 0 aliphatic rings. The maximum Gasteiger partial charge on any atom is 0.325 e. The highest BCUT2D eigenvalue weighted by molar-refractivity contribution is 7.21. The lowest BCUT2D eigenvalue weighted by Crippen LogP contribution is -2.29. The number of fused-ring (bicyclic) bond motifs is 1. The number of hydrogen-bond acceptors (Lipinski definition) is 6. The molecule has 22 heavy (non-hydrogen) atoms. The fourth-order valence-corrected chi connectivity index (χ4v) is 2.79. The predicted octanol–water partition coefficient (Wildman–Crippen LogP) is 2.46. The highest BCUT2D eigenvalue weighted by atomic mass is 32.1. The normalized spacial score (nSPS) is 10.6. The first-order valence-corrected chi connectivity index (χ1v) is 7.30. The number of aromatic nitrogens is 1. The third-order valence-corrected chi connectivity index (χ3v) is 4.01. The van der Waals surface area contributed by atoms with Gasteiger partial charge in [-0.25, -0.2) is 4.98 Å². The molecular formula is C15H12N2O4S. The molecule has 0 fully saturated rings. The number of nitrogens with one attached hydrogen (secondary N) is 1. The van der Waals surface area contributed by atoms with Crippen LogP contribution in [0, 0.1) is 0 Å². The van der Waals surface area contributed by atoms with Crippen LogP contribution in [0.25, 0.3) is 21.0 Å². The van der Waals surface area contributed by atoms with Gasteiger partial charge in [0.2, 0.25) is 0 Å². The zero-order valence-electron chi connectivity index (χ0n) is 11.7. The first-order chi connectivity index (χ1) is 10.7. The van der Waals surface area contributed by atoms with Gasteiger partial charge in [-0.1, -0.05) is 12.1 Å². The van der Waals surface area contributed by atoms with Crippen LogP contribution in [0.1, 0.15) is 10.6 Å². The zero-order chi connectivity index (χ0) is 15.5. The van der Waals surface area contributed by atoms with E-state index in [2.05, 4.69) is 15.0 Å². The van der Waals surface area contributed by atoms with Crippen molar-refractivity contribution in [2.75, 3.05) is 13.7 Å². The summed E-state index contributed by atoms with van der Waals surface area (Å²) in [5, 5.41) is 3.12. The first kappa shape index (κ1) is 14.3. The van der Waals surface area contributed by atoms with Crippen LogP contribution in [0.5, 0.6) is 0 Å². The van der Waals surface area contributed by atoms with E-state index in [-0.39, 0.29) is 12.3 Å². The number of furan rings is 1. The number of amides is 1. The first-order valence-electron chi connectivity index (χ1n) is 6.48. The second-order valence-electron chi connectivity index (χ2n) is 4.41. The van der Waals surface area contributed by atoms with Gasteiger partial charge in [0.05, 0.1) is 17.3 Å². The van der Waals surface area contributed by atoms with Crippen LogP contribution in [-0.2, 0) is 9.53 Å². The number of methoxy groups -OCH3 is 1. The highest BCUT2D eigenvalue weighted by Gasteiger charge is 2.15. The summed E-state index contributed by atoms with van der Waals surface area (Å²) < 4.78 is 11.0. The lowest BCUT2D eigenvalue weighted by molar-refractivity contribution is -0.139. The van der Waals surface area contributed by atoms with E-state index < -0.39 is 11.9 Å². The molecule has 6 nitrogen and oxygen atoms in total. The van der Waals surface area contributed by atoms with Gasteiger partial charge >= 0.3 is 5.97 Å². The number of hydrogen-bond donors (Lipinski definition) is 1. The van der Waals surface area contributed by atoms with E-state index in [1.165, 1.54) is 18.4 Å². The quantitative estimate of drug-likeness (QED) is 0.748. The molecule has 2 aromatic heterocycles. The minimum atomic E-state index is -0.522. The molecule has 2 heterocycles. The fourth-order valence-electron chi connectivity index (χ4n) is 1.86. The number of para-hydroxylation sites is 1. The molecule has 0 bridgehead atoms. The Balaban J connectivity index is 1.78. The Bertz CT molecular complexity index is 804. The van der Waals surface area contributed by atoms with Crippen molar-refractivity contribution < 1.29 is 18.7 Å². The van der Waals surface area contributed by atoms with Crippen molar-refractivity contribution in [3.05, 3.63) is 42.2 Å². The molecule has 3 rings (SSSR count). The summed E-state index contributed by atoms with van der Waals surface area (Å²) in [5.74, 6) is -0.355. The maximum absolute atomic E-state index is 11.9. The summed E-state index contributed by atoms with van der Waals surface area (Å²) in [6.07, 6.45) is 0. The second kappa shape index (κ2) is 5.98. The van der Waals surface area contributed by atoms with E-state index in [1.807, 2.05) is 24.3 Å². The minimum Gasteiger partial charge on any atom is -0.468 e. The summed E-state index contributed by atoms with van der Waals surface area (Å²) in [6, 6.07) is 11.0. The number of benzene rings is 1. The molecule has 1 aromatic carbocycles. The number of esters is 1. The van der Waals surface area contributed by atoms with E-state index in [9.17, 15) is 9.59 Å². The van der Waals surface area contributed by atoms with Gasteiger partial charge in [-0.3, -0.25) is 9.59 Å². The van der Waals surface area contributed by atoms with Crippen LogP contribution < -0.4 is 5.32 Å². The van der Waals surface area contributed by atoms with Crippen LogP contribution in [0.15, 0.2) is 40.8 Å². The number of thiazole rings is 1. The Hall–Kier alpha value is -2.67. The van der Waals surface area contributed by atoms with Gasteiger partial charge in [-0.2, -0.15) is 0 Å². The van der Waals surface area contributed by atoms with Crippen LogP contribution in [0.4, 0.5) is 0 Å². The average Bonchev–Trinajstić information content (AvgIpc) is 3.18. The summed E-state index contributed by atoms with van der Waals surface area (Å²) >= 11 is 1.49. The monoisotopic (exact) mass is 316 g/mol. The van der Waals surface area contributed by atoms with E-state index in [0.717, 1.165) is 10.2 Å². The topological polar surface area (TPSA) is 81.4 Å². The molecule has 112 valence electrons. The third kappa shape index (κ3) is 2.84. The molecule has 0 radical (unpaired) electrons. The molecule has 0 aliphatic carbocycles. The smallest absolute Gasteiger partial charge is 0.325 e.